The van der Waals surface area contributed by atoms with Crippen LogP contribution in [0.4, 0.5) is 0 Å². The number of fused-ring (bicyclic) bond motifs is 1. The van der Waals surface area contributed by atoms with E-state index in [2.05, 4.69) is 21.8 Å². The number of aryl methyl sites for hydroxylation is 1. The van der Waals surface area contributed by atoms with Crippen LogP contribution in [-0.2, 0) is 9.59 Å². The Balaban J connectivity index is 0.000000286. The van der Waals surface area contributed by atoms with E-state index >= 15 is 0 Å². The zero-order valence-corrected chi connectivity index (χ0v) is 19.4. The maximum absolute atomic E-state index is 12.2. The van der Waals surface area contributed by atoms with Crippen molar-refractivity contribution in [2.45, 2.75) is 39.7 Å². The van der Waals surface area contributed by atoms with Gasteiger partial charge in [-0.05, 0) is 55.5 Å². The van der Waals surface area contributed by atoms with Crippen molar-refractivity contribution >= 4 is 22.9 Å². The number of nitrogens with one attached hydrogen (secondary N) is 1. The lowest BCUT2D eigenvalue weighted by Crippen LogP contribution is -2.38. The Bertz CT molecular complexity index is 1130. The molecule has 0 spiro atoms. The Labute approximate surface area is 193 Å². The van der Waals surface area contributed by atoms with Crippen molar-refractivity contribution in [2.75, 3.05) is 13.1 Å². The first-order valence-corrected chi connectivity index (χ1v) is 11.1. The molecule has 0 radical (unpaired) electrons. The van der Waals surface area contributed by atoms with Crippen molar-refractivity contribution in [3.05, 3.63) is 54.7 Å². The first-order chi connectivity index (χ1) is 15.8. The number of aromatic amines is 1. The van der Waals surface area contributed by atoms with E-state index in [9.17, 15) is 9.59 Å². The Kier molecular flexibility index (Phi) is 7.95. The first-order valence-electron chi connectivity index (χ1n) is 11.1. The standard InChI is InChI=1S/C18H20N4O2.C7H11NO/c1-10(2)16(19)18(23)24-15-7-5-4-6-12(15)14-8-13-11(3)9-20-17(13)22-21-14;1-2-7(9)8-5-3-4-6-8/h4-10,16H,19H2,1-3H3,(H,20,22);2H,1,3-6H2. The number of hydrogen-bond donors (Lipinski definition) is 2. The summed E-state index contributed by atoms with van der Waals surface area (Å²) >= 11 is 0. The number of carbonyl (C=O) groups is 2. The molecule has 0 aliphatic carbocycles. The molecule has 4 rings (SSSR count). The minimum absolute atomic E-state index is 0.00306. The van der Waals surface area contributed by atoms with Crippen molar-refractivity contribution in [3.63, 3.8) is 0 Å². The van der Waals surface area contributed by atoms with Crippen LogP contribution in [0.15, 0.2) is 49.2 Å². The third-order valence-electron chi connectivity index (χ3n) is 5.60. The molecule has 33 heavy (non-hydrogen) atoms. The Morgan fingerprint density at radius 2 is 1.91 bits per heavy atom. The van der Waals surface area contributed by atoms with E-state index in [0.717, 1.165) is 42.5 Å². The first kappa shape index (κ1) is 24.1. The molecule has 3 aromatic rings. The number of nitrogens with two attached hydrogens (primary N) is 1. The Morgan fingerprint density at radius 3 is 2.58 bits per heavy atom. The topological polar surface area (TPSA) is 114 Å². The molecule has 1 aliphatic rings. The highest BCUT2D eigenvalue weighted by molar-refractivity contribution is 5.87. The van der Waals surface area contributed by atoms with E-state index in [1.165, 1.54) is 6.08 Å². The number of rotatable bonds is 5. The number of ether oxygens (including phenoxy) is 1. The molecule has 1 saturated heterocycles. The number of esters is 1. The highest BCUT2D eigenvalue weighted by Crippen LogP contribution is 2.30. The lowest BCUT2D eigenvalue weighted by atomic mass is 10.1. The summed E-state index contributed by atoms with van der Waals surface area (Å²) in [6, 6.07) is 8.52. The fourth-order valence-corrected chi connectivity index (χ4v) is 3.47. The van der Waals surface area contributed by atoms with Crippen molar-refractivity contribution in [1.29, 1.82) is 0 Å². The minimum Gasteiger partial charge on any atom is -0.425 e. The molecular weight excluding hydrogens is 418 g/mol. The average Bonchev–Trinajstić information content (AvgIpc) is 3.49. The second kappa shape index (κ2) is 10.9. The van der Waals surface area contributed by atoms with E-state index in [1.807, 2.05) is 50.1 Å². The lowest BCUT2D eigenvalue weighted by Gasteiger charge is -2.15. The van der Waals surface area contributed by atoms with Gasteiger partial charge in [0.1, 0.15) is 11.8 Å². The highest BCUT2D eigenvalue weighted by atomic mass is 16.5. The molecule has 1 amide bonds. The molecule has 0 bridgehead atoms. The van der Waals surface area contributed by atoms with Crippen LogP contribution >= 0.6 is 0 Å². The van der Waals surface area contributed by atoms with Gasteiger partial charge in [-0.2, -0.15) is 0 Å². The third kappa shape index (κ3) is 5.84. The number of para-hydroxylation sites is 1. The summed E-state index contributed by atoms with van der Waals surface area (Å²) in [7, 11) is 0. The molecule has 1 unspecified atom stereocenters. The van der Waals surface area contributed by atoms with Gasteiger partial charge in [0.25, 0.3) is 0 Å². The molecule has 0 saturated carbocycles. The predicted molar refractivity (Wildman–Crippen MR) is 129 cm³/mol. The summed E-state index contributed by atoms with van der Waals surface area (Å²) in [6.45, 7) is 11.0. The number of benzene rings is 1. The number of amides is 1. The zero-order valence-electron chi connectivity index (χ0n) is 19.4. The molecule has 1 atom stereocenters. The summed E-state index contributed by atoms with van der Waals surface area (Å²) in [5, 5.41) is 9.41. The number of carbonyl (C=O) groups excluding carboxylic acids is 2. The molecule has 8 heteroatoms. The van der Waals surface area contributed by atoms with E-state index in [0.29, 0.717) is 17.0 Å². The van der Waals surface area contributed by atoms with Crippen LogP contribution in [0.25, 0.3) is 22.3 Å². The van der Waals surface area contributed by atoms with Gasteiger partial charge in [0, 0.05) is 30.2 Å². The van der Waals surface area contributed by atoms with Gasteiger partial charge in [0.05, 0.1) is 5.69 Å². The van der Waals surface area contributed by atoms with Crippen LogP contribution < -0.4 is 10.5 Å². The van der Waals surface area contributed by atoms with Crippen LogP contribution in [-0.4, -0.2) is 51.1 Å². The van der Waals surface area contributed by atoms with Crippen LogP contribution in [0.2, 0.25) is 0 Å². The number of H-pyrrole nitrogens is 1. The largest absolute Gasteiger partial charge is 0.425 e. The fourth-order valence-electron chi connectivity index (χ4n) is 3.47. The molecule has 3 N–H and O–H groups in total. The molecule has 1 fully saturated rings. The normalized spacial score (nSPS) is 14.0. The van der Waals surface area contributed by atoms with Crippen molar-refractivity contribution in [1.82, 2.24) is 20.1 Å². The van der Waals surface area contributed by atoms with Gasteiger partial charge >= 0.3 is 5.97 Å². The minimum atomic E-state index is -0.668. The summed E-state index contributed by atoms with van der Waals surface area (Å²) in [5.74, 6) is 0.0561. The third-order valence-corrected chi connectivity index (χ3v) is 5.60. The number of aromatic nitrogens is 3. The second-order valence-electron chi connectivity index (χ2n) is 8.39. The lowest BCUT2D eigenvalue weighted by molar-refractivity contribution is -0.136. The number of nitrogens with zero attached hydrogens (tertiary/aromatic N) is 3. The fraction of sp³-hybridized carbons (Fsp3) is 0.360. The van der Waals surface area contributed by atoms with E-state index < -0.39 is 12.0 Å². The maximum atomic E-state index is 12.2. The predicted octanol–water partition coefficient (Wildman–Crippen LogP) is 3.62. The van der Waals surface area contributed by atoms with Crippen molar-refractivity contribution in [3.8, 4) is 17.0 Å². The van der Waals surface area contributed by atoms with Gasteiger partial charge in [0.15, 0.2) is 5.65 Å². The van der Waals surface area contributed by atoms with Crippen LogP contribution in [0.1, 0.15) is 32.3 Å². The number of likely N-dealkylation sites (tertiary alicyclic amines) is 1. The molecule has 174 valence electrons. The summed E-state index contributed by atoms with van der Waals surface area (Å²) < 4.78 is 5.51. The quantitative estimate of drug-likeness (QED) is 0.349. The van der Waals surface area contributed by atoms with Gasteiger partial charge in [-0.1, -0.05) is 32.6 Å². The van der Waals surface area contributed by atoms with Crippen LogP contribution in [0.3, 0.4) is 0 Å². The van der Waals surface area contributed by atoms with E-state index in [1.54, 1.807) is 12.1 Å². The Morgan fingerprint density at radius 1 is 1.21 bits per heavy atom. The van der Waals surface area contributed by atoms with Crippen molar-refractivity contribution in [2.24, 2.45) is 11.7 Å². The Hall–Kier alpha value is -3.52. The van der Waals surface area contributed by atoms with Crippen molar-refractivity contribution < 1.29 is 14.3 Å². The zero-order chi connectivity index (χ0) is 24.0. The molecule has 8 nitrogen and oxygen atoms in total. The van der Waals surface area contributed by atoms with Gasteiger partial charge in [-0.15, -0.1) is 10.2 Å². The molecule has 3 heterocycles. The van der Waals surface area contributed by atoms with Gasteiger partial charge < -0.3 is 20.4 Å². The van der Waals surface area contributed by atoms with Crippen LogP contribution in [0.5, 0.6) is 5.75 Å². The van der Waals surface area contributed by atoms with E-state index in [-0.39, 0.29) is 11.8 Å². The average molecular weight is 450 g/mol. The summed E-state index contributed by atoms with van der Waals surface area (Å²) in [5.41, 5.74) is 9.03. The smallest absolute Gasteiger partial charge is 0.328 e. The number of hydrogen-bond acceptors (Lipinski definition) is 6. The van der Waals surface area contributed by atoms with Gasteiger partial charge in [0.2, 0.25) is 5.91 Å². The molecule has 1 aliphatic heterocycles. The van der Waals surface area contributed by atoms with Gasteiger partial charge in [-0.25, -0.2) is 4.79 Å². The molecule has 2 aromatic heterocycles. The van der Waals surface area contributed by atoms with Crippen LogP contribution in [0, 0.1) is 12.8 Å². The highest BCUT2D eigenvalue weighted by Gasteiger charge is 2.21. The molecular formula is C25H31N5O3. The van der Waals surface area contributed by atoms with E-state index in [4.69, 9.17) is 10.5 Å². The monoisotopic (exact) mass is 449 g/mol. The SMILES string of the molecule is C=CC(=O)N1CCCC1.Cc1c[nH]c2nnc(-c3ccccc3OC(=O)C(N)C(C)C)cc12. The maximum Gasteiger partial charge on any atom is 0.328 e. The molecule has 1 aromatic carbocycles. The second-order valence-corrected chi connectivity index (χ2v) is 8.39. The summed E-state index contributed by atoms with van der Waals surface area (Å²) in [6.07, 6.45) is 5.57. The summed E-state index contributed by atoms with van der Waals surface area (Å²) in [4.78, 5) is 27.9. The van der Waals surface area contributed by atoms with Gasteiger partial charge in [-0.3, -0.25) is 4.79 Å².